The van der Waals surface area contributed by atoms with Gasteiger partial charge in [0.05, 0.1) is 5.92 Å². The number of fused-ring (bicyclic) bond motifs is 3. The standard InChI is InChI=1S/C28H34N2O5/c1-3-17(2)25(26(31)29-19-10-8-9-18(15-19)27(32)33)30-28(34)35-16-24-22-13-6-4-11-20(22)21-12-5-7-14-23(21)24/h4-7,11-14,17-19,24-25H,3,8-10,15-16H2,1-2H3,(H,29,31)(H,30,34)(H,32,33)/t17?,18-,19+,25-/m0/s1. The first-order valence-corrected chi connectivity index (χ1v) is 12.5. The molecule has 0 radical (unpaired) electrons. The second kappa shape index (κ2) is 10.9. The highest BCUT2D eigenvalue weighted by molar-refractivity contribution is 5.86. The molecular weight excluding hydrogens is 444 g/mol. The van der Waals surface area contributed by atoms with Gasteiger partial charge in [-0.2, -0.15) is 0 Å². The van der Waals surface area contributed by atoms with Gasteiger partial charge in [0.1, 0.15) is 12.6 Å². The van der Waals surface area contributed by atoms with Crippen molar-refractivity contribution in [3.05, 3.63) is 59.7 Å². The number of carbonyl (C=O) groups excluding carboxylic acids is 2. The Kier molecular flexibility index (Phi) is 7.73. The lowest BCUT2D eigenvalue weighted by molar-refractivity contribution is -0.143. The predicted molar refractivity (Wildman–Crippen MR) is 133 cm³/mol. The summed E-state index contributed by atoms with van der Waals surface area (Å²) >= 11 is 0. The van der Waals surface area contributed by atoms with Crippen LogP contribution in [0.5, 0.6) is 0 Å². The normalized spacial score (nSPS) is 20.7. The summed E-state index contributed by atoms with van der Waals surface area (Å²) in [6.07, 6.45) is 2.63. The first-order valence-electron chi connectivity index (χ1n) is 12.5. The van der Waals surface area contributed by atoms with Crippen LogP contribution in [0.25, 0.3) is 11.1 Å². The highest BCUT2D eigenvalue weighted by atomic mass is 16.5. The van der Waals surface area contributed by atoms with E-state index in [0.29, 0.717) is 19.3 Å². The number of carboxylic acids is 1. The number of carbonyl (C=O) groups is 3. The molecule has 186 valence electrons. The zero-order valence-corrected chi connectivity index (χ0v) is 20.3. The van der Waals surface area contributed by atoms with Gasteiger partial charge in [-0.15, -0.1) is 0 Å². The van der Waals surface area contributed by atoms with E-state index in [1.807, 2.05) is 38.1 Å². The van der Waals surface area contributed by atoms with E-state index < -0.39 is 24.0 Å². The average Bonchev–Trinajstić information content (AvgIpc) is 3.19. The fourth-order valence-corrected chi connectivity index (χ4v) is 5.31. The number of rotatable bonds is 8. The van der Waals surface area contributed by atoms with Crippen LogP contribution in [0, 0.1) is 11.8 Å². The number of amides is 2. The number of benzene rings is 2. The Morgan fingerprint density at radius 2 is 1.66 bits per heavy atom. The topological polar surface area (TPSA) is 105 Å². The van der Waals surface area contributed by atoms with Gasteiger partial charge in [0, 0.05) is 12.0 Å². The second-order valence-corrected chi connectivity index (χ2v) is 9.74. The molecule has 2 aliphatic rings. The van der Waals surface area contributed by atoms with E-state index in [0.717, 1.165) is 35.1 Å². The first kappa shape index (κ1) is 24.8. The van der Waals surface area contributed by atoms with Crippen LogP contribution in [-0.2, 0) is 14.3 Å². The fourth-order valence-electron chi connectivity index (χ4n) is 5.31. The Labute approximate surface area is 206 Å². The van der Waals surface area contributed by atoms with Gasteiger partial charge >= 0.3 is 12.1 Å². The van der Waals surface area contributed by atoms with Crippen LogP contribution in [0.3, 0.4) is 0 Å². The monoisotopic (exact) mass is 478 g/mol. The molecule has 0 aromatic heterocycles. The van der Waals surface area contributed by atoms with Gasteiger partial charge in [-0.25, -0.2) is 4.79 Å². The molecule has 2 aromatic rings. The number of alkyl carbamates (subject to hydrolysis) is 1. The maximum absolute atomic E-state index is 13.1. The summed E-state index contributed by atoms with van der Waals surface area (Å²) < 4.78 is 5.65. The van der Waals surface area contributed by atoms with E-state index in [1.54, 1.807) is 0 Å². The van der Waals surface area contributed by atoms with Crippen molar-refractivity contribution in [3.8, 4) is 11.1 Å². The first-order chi connectivity index (χ1) is 16.9. The third-order valence-electron chi connectivity index (χ3n) is 7.48. The smallest absolute Gasteiger partial charge is 0.407 e. The summed E-state index contributed by atoms with van der Waals surface area (Å²) in [6.45, 7) is 4.05. The summed E-state index contributed by atoms with van der Waals surface area (Å²) in [5.41, 5.74) is 4.56. The summed E-state index contributed by atoms with van der Waals surface area (Å²) in [5, 5.41) is 15.1. The molecule has 7 nitrogen and oxygen atoms in total. The van der Waals surface area contributed by atoms with Crippen molar-refractivity contribution in [3.63, 3.8) is 0 Å². The molecule has 3 N–H and O–H groups in total. The molecule has 0 aliphatic heterocycles. The molecule has 4 rings (SSSR count). The van der Waals surface area contributed by atoms with Crippen molar-refractivity contribution in [2.45, 2.75) is 64.0 Å². The molecule has 2 aliphatic carbocycles. The number of ether oxygens (including phenoxy) is 1. The Balaban J connectivity index is 1.39. The predicted octanol–water partition coefficient (Wildman–Crippen LogP) is 4.70. The molecule has 0 saturated heterocycles. The van der Waals surface area contributed by atoms with Crippen molar-refractivity contribution in [1.29, 1.82) is 0 Å². The minimum atomic E-state index is -0.820. The molecule has 0 spiro atoms. The molecule has 0 heterocycles. The summed E-state index contributed by atoms with van der Waals surface area (Å²) in [4.78, 5) is 37.3. The number of carboxylic acid groups (broad SMARTS) is 1. The molecule has 0 bridgehead atoms. The Morgan fingerprint density at radius 1 is 1.03 bits per heavy atom. The molecule has 1 unspecified atom stereocenters. The van der Waals surface area contributed by atoms with E-state index in [4.69, 9.17) is 4.74 Å². The van der Waals surface area contributed by atoms with E-state index >= 15 is 0 Å². The Bertz CT molecular complexity index is 1040. The van der Waals surface area contributed by atoms with Gasteiger partial charge in [-0.3, -0.25) is 9.59 Å². The summed E-state index contributed by atoms with van der Waals surface area (Å²) in [6, 6.07) is 15.3. The molecule has 7 heteroatoms. The number of hydrogen-bond donors (Lipinski definition) is 3. The van der Waals surface area contributed by atoms with E-state index in [9.17, 15) is 19.5 Å². The van der Waals surface area contributed by atoms with Crippen molar-refractivity contribution in [1.82, 2.24) is 10.6 Å². The minimum absolute atomic E-state index is 0.0563. The van der Waals surface area contributed by atoms with Crippen LogP contribution < -0.4 is 10.6 Å². The minimum Gasteiger partial charge on any atom is -0.481 e. The van der Waals surface area contributed by atoms with Gasteiger partial charge in [-0.1, -0.05) is 75.2 Å². The summed E-state index contributed by atoms with van der Waals surface area (Å²) in [7, 11) is 0. The maximum atomic E-state index is 13.1. The molecule has 35 heavy (non-hydrogen) atoms. The van der Waals surface area contributed by atoms with Gasteiger partial charge in [0.2, 0.25) is 5.91 Å². The van der Waals surface area contributed by atoms with Crippen LogP contribution in [-0.4, -0.2) is 41.8 Å². The lowest BCUT2D eigenvalue weighted by atomic mass is 9.85. The lowest BCUT2D eigenvalue weighted by Crippen LogP contribution is -2.53. The van der Waals surface area contributed by atoms with Gasteiger partial charge < -0.3 is 20.5 Å². The third-order valence-corrected chi connectivity index (χ3v) is 7.48. The van der Waals surface area contributed by atoms with Gasteiger partial charge in [0.25, 0.3) is 0 Å². The molecule has 2 amide bonds. The molecule has 4 atom stereocenters. The quantitative estimate of drug-likeness (QED) is 0.510. The zero-order chi connectivity index (χ0) is 24.9. The number of nitrogens with one attached hydrogen (secondary N) is 2. The molecule has 1 fully saturated rings. The highest BCUT2D eigenvalue weighted by Gasteiger charge is 2.33. The van der Waals surface area contributed by atoms with Crippen LogP contribution in [0.4, 0.5) is 4.79 Å². The number of hydrogen-bond acceptors (Lipinski definition) is 4. The van der Waals surface area contributed by atoms with Gasteiger partial charge in [0.15, 0.2) is 0 Å². The Morgan fingerprint density at radius 3 is 2.26 bits per heavy atom. The van der Waals surface area contributed by atoms with Crippen molar-refractivity contribution in [2.75, 3.05) is 6.61 Å². The van der Waals surface area contributed by atoms with Crippen molar-refractivity contribution < 1.29 is 24.2 Å². The van der Waals surface area contributed by atoms with E-state index in [1.165, 1.54) is 0 Å². The van der Waals surface area contributed by atoms with Crippen molar-refractivity contribution in [2.24, 2.45) is 11.8 Å². The number of aliphatic carboxylic acids is 1. The van der Waals surface area contributed by atoms with Crippen LogP contribution in [0.1, 0.15) is 63.0 Å². The van der Waals surface area contributed by atoms with E-state index in [2.05, 4.69) is 34.9 Å². The SMILES string of the molecule is CCC(C)[C@H](NC(=O)OCC1c2ccccc2-c2ccccc21)C(=O)N[C@@H]1CCC[C@H](C(=O)O)C1. The van der Waals surface area contributed by atoms with Crippen LogP contribution >= 0.6 is 0 Å². The molecule has 2 aromatic carbocycles. The van der Waals surface area contributed by atoms with E-state index in [-0.39, 0.29) is 30.4 Å². The zero-order valence-electron chi connectivity index (χ0n) is 20.3. The summed E-state index contributed by atoms with van der Waals surface area (Å²) in [5.74, 6) is -1.71. The molecular formula is C28H34N2O5. The van der Waals surface area contributed by atoms with Crippen LogP contribution in [0.15, 0.2) is 48.5 Å². The highest BCUT2D eigenvalue weighted by Crippen LogP contribution is 2.44. The largest absolute Gasteiger partial charge is 0.481 e. The molecule has 1 saturated carbocycles. The second-order valence-electron chi connectivity index (χ2n) is 9.74. The average molecular weight is 479 g/mol. The lowest BCUT2D eigenvalue weighted by Gasteiger charge is -2.30. The van der Waals surface area contributed by atoms with Crippen molar-refractivity contribution >= 4 is 18.0 Å². The fraction of sp³-hybridized carbons (Fsp3) is 0.464. The Hall–Kier alpha value is -3.35. The van der Waals surface area contributed by atoms with Gasteiger partial charge in [-0.05, 0) is 47.4 Å². The third kappa shape index (κ3) is 5.50. The maximum Gasteiger partial charge on any atom is 0.407 e. The van der Waals surface area contributed by atoms with Crippen LogP contribution in [0.2, 0.25) is 0 Å².